The second-order valence-corrected chi connectivity index (χ2v) is 4.87. The van der Waals surface area contributed by atoms with Gasteiger partial charge in [0, 0.05) is 32.4 Å². The van der Waals surface area contributed by atoms with Crippen LogP contribution in [0.2, 0.25) is 0 Å². The molecule has 0 radical (unpaired) electrons. The molecule has 1 amide bonds. The average molecular weight is 262 g/mol. The predicted octanol–water partition coefficient (Wildman–Crippen LogP) is 1.49. The molecule has 104 valence electrons. The van der Waals surface area contributed by atoms with Crippen molar-refractivity contribution in [2.75, 3.05) is 26.8 Å². The molecule has 19 heavy (non-hydrogen) atoms. The van der Waals surface area contributed by atoms with E-state index in [1.54, 1.807) is 7.11 Å². The molecule has 0 bridgehead atoms. The highest BCUT2D eigenvalue weighted by Gasteiger charge is 2.11. The SMILES string of the molecule is COCCCCNC(=O)c1ccc2c(c1)CNCC2. The number of rotatable bonds is 6. The number of carbonyl (C=O) groups is 1. The molecule has 0 saturated carbocycles. The molecule has 0 aliphatic carbocycles. The molecular formula is C15H22N2O2. The maximum atomic E-state index is 12.0. The van der Waals surface area contributed by atoms with Crippen LogP contribution in [0.3, 0.4) is 0 Å². The second-order valence-electron chi connectivity index (χ2n) is 4.87. The molecule has 2 N–H and O–H groups in total. The molecule has 1 aromatic carbocycles. The smallest absolute Gasteiger partial charge is 0.251 e. The standard InChI is InChI=1S/C15H22N2O2/c1-19-9-3-2-7-17-15(18)13-5-4-12-6-8-16-11-14(12)10-13/h4-5,10,16H,2-3,6-9,11H2,1H3,(H,17,18). The highest BCUT2D eigenvalue weighted by Crippen LogP contribution is 2.15. The Bertz CT molecular complexity index is 432. The highest BCUT2D eigenvalue weighted by atomic mass is 16.5. The average Bonchev–Trinajstić information content (AvgIpc) is 2.46. The number of hydrogen-bond acceptors (Lipinski definition) is 3. The molecule has 1 aliphatic heterocycles. The van der Waals surface area contributed by atoms with Gasteiger partial charge in [-0.3, -0.25) is 4.79 Å². The zero-order valence-electron chi connectivity index (χ0n) is 11.5. The van der Waals surface area contributed by atoms with Crippen molar-refractivity contribution in [3.05, 3.63) is 34.9 Å². The summed E-state index contributed by atoms with van der Waals surface area (Å²) in [6.45, 7) is 3.35. The number of methoxy groups -OCH3 is 1. The van der Waals surface area contributed by atoms with Gasteiger partial charge in [0.25, 0.3) is 5.91 Å². The lowest BCUT2D eigenvalue weighted by Gasteiger charge is -2.17. The molecule has 2 rings (SSSR count). The fourth-order valence-corrected chi connectivity index (χ4v) is 2.30. The zero-order valence-corrected chi connectivity index (χ0v) is 11.5. The number of amides is 1. The first-order valence-electron chi connectivity index (χ1n) is 6.91. The van der Waals surface area contributed by atoms with E-state index in [2.05, 4.69) is 16.7 Å². The molecule has 0 aromatic heterocycles. The van der Waals surface area contributed by atoms with Crippen LogP contribution >= 0.6 is 0 Å². The Morgan fingerprint density at radius 1 is 1.37 bits per heavy atom. The van der Waals surface area contributed by atoms with E-state index in [1.807, 2.05) is 12.1 Å². The van der Waals surface area contributed by atoms with Crippen LogP contribution in [0.4, 0.5) is 0 Å². The van der Waals surface area contributed by atoms with Crippen molar-refractivity contribution in [1.82, 2.24) is 10.6 Å². The molecule has 1 aromatic rings. The van der Waals surface area contributed by atoms with Crippen molar-refractivity contribution in [1.29, 1.82) is 0 Å². The van der Waals surface area contributed by atoms with Gasteiger partial charge in [0.15, 0.2) is 0 Å². The van der Waals surface area contributed by atoms with E-state index < -0.39 is 0 Å². The summed E-state index contributed by atoms with van der Waals surface area (Å²) >= 11 is 0. The van der Waals surface area contributed by atoms with E-state index in [0.717, 1.165) is 44.5 Å². The number of fused-ring (bicyclic) bond motifs is 1. The summed E-state index contributed by atoms with van der Waals surface area (Å²) in [5, 5.41) is 6.28. The van der Waals surface area contributed by atoms with Crippen LogP contribution in [0.1, 0.15) is 34.3 Å². The molecule has 1 aliphatic rings. The van der Waals surface area contributed by atoms with E-state index in [1.165, 1.54) is 11.1 Å². The third-order valence-corrected chi connectivity index (χ3v) is 3.42. The Morgan fingerprint density at radius 2 is 2.26 bits per heavy atom. The predicted molar refractivity (Wildman–Crippen MR) is 75.3 cm³/mol. The lowest BCUT2D eigenvalue weighted by Crippen LogP contribution is -2.27. The van der Waals surface area contributed by atoms with Crippen molar-refractivity contribution in [2.24, 2.45) is 0 Å². The van der Waals surface area contributed by atoms with E-state index in [4.69, 9.17) is 4.74 Å². The minimum Gasteiger partial charge on any atom is -0.385 e. The zero-order chi connectivity index (χ0) is 13.5. The number of hydrogen-bond donors (Lipinski definition) is 2. The summed E-state index contributed by atoms with van der Waals surface area (Å²) in [5.74, 6) is 0.0193. The van der Waals surface area contributed by atoms with Gasteiger partial charge in [-0.05, 0) is 49.1 Å². The monoisotopic (exact) mass is 262 g/mol. The van der Waals surface area contributed by atoms with Crippen molar-refractivity contribution in [2.45, 2.75) is 25.8 Å². The van der Waals surface area contributed by atoms with Gasteiger partial charge in [-0.15, -0.1) is 0 Å². The van der Waals surface area contributed by atoms with Crippen LogP contribution in [0, 0.1) is 0 Å². The Morgan fingerprint density at radius 3 is 3.11 bits per heavy atom. The summed E-state index contributed by atoms with van der Waals surface area (Å²) < 4.78 is 4.98. The summed E-state index contributed by atoms with van der Waals surface area (Å²) in [7, 11) is 1.69. The van der Waals surface area contributed by atoms with Crippen LogP contribution in [-0.2, 0) is 17.7 Å². The molecule has 0 spiro atoms. The largest absolute Gasteiger partial charge is 0.385 e. The van der Waals surface area contributed by atoms with Crippen LogP contribution in [0.15, 0.2) is 18.2 Å². The van der Waals surface area contributed by atoms with Gasteiger partial charge in [-0.2, -0.15) is 0 Å². The minimum atomic E-state index is 0.0193. The lowest BCUT2D eigenvalue weighted by molar-refractivity contribution is 0.0951. The van der Waals surface area contributed by atoms with Crippen molar-refractivity contribution in [3.63, 3.8) is 0 Å². The van der Waals surface area contributed by atoms with Gasteiger partial charge < -0.3 is 15.4 Å². The van der Waals surface area contributed by atoms with Crippen LogP contribution in [0.25, 0.3) is 0 Å². The van der Waals surface area contributed by atoms with Gasteiger partial charge in [0.1, 0.15) is 0 Å². The fraction of sp³-hybridized carbons (Fsp3) is 0.533. The van der Waals surface area contributed by atoms with Crippen molar-refractivity contribution in [3.8, 4) is 0 Å². The number of benzene rings is 1. The summed E-state index contributed by atoms with van der Waals surface area (Å²) in [4.78, 5) is 12.0. The van der Waals surface area contributed by atoms with Crippen LogP contribution in [0.5, 0.6) is 0 Å². The van der Waals surface area contributed by atoms with Crippen LogP contribution < -0.4 is 10.6 Å². The molecule has 0 atom stereocenters. The third kappa shape index (κ3) is 4.04. The molecule has 0 fully saturated rings. The minimum absolute atomic E-state index is 0.0193. The van der Waals surface area contributed by atoms with Gasteiger partial charge in [0.2, 0.25) is 0 Å². The van der Waals surface area contributed by atoms with Gasteiger partial charge >= 0.3 is 0 Å². The van der Waals surface area contributed by atoms with Gasteiger partial charge in [0.05, 0.1) is 0 Å². The maximum Gasteiger partial charge on any atom is 0.251 e. The Hall–Kier alpha value is -1.39. The summed E-state index contributed by atoms with van der Waals surface area (Å²) in [6.07, 6.45) is 2.98. The molecular weight excluding hydrogens is 240 g/mol. The Labute approximate surface area is 114 Å². The van der Waals surface area contributed by atoms with Crippen molar-refractivity contribution < 1.29 is 9.53 Å². The Kier molecular flexibility index (Phi) is 5.36. The highest BCUT2D eigenvalue weighted by molar-refractivity contribution is 5.94. The summed E-state index contributed by atoms with van der Waals surface area (Å²) in [5.41, 5.74) is 3.36. The number of carbonyl (C=O) groups excluding carboxylic acids is 1. The Balaban J connectivity index is 1.85. The second kappa shape index (κ2) is 7.26. The first kappa shape index (κ1) is 14.0. The van der Waals surface area contributed by atoms with Crippen molar-refractivity contribution >= 4 is 5.91 Å². The quantitative estimate of drug-likeness (QED) is 0.764. The topological polar surface area (TPSA) is 50.4 Å². The van der Waals surface area contributed by atoms with E-state index in [-0.39, 0.29) is 5.91 Å². The fourth-order valence-electron chi connectivity index (χ4n) is 2.30. The molecule has 0 saturated heterocycles. The molecule has 4 nitrogen and oxygen atoms in total. The van der Waals surface area contributed by atoms with Gasteiger partial charge in [-0.25, -0.2) is 0 Å². The number of ether oxygens (including phenoxy) is 1. The summed E-state index contributed by atoms with van der Waals surface area (Å²) in [6, 6.07) is 6.01. The maximum absolute atomic E-state index is 12.0. The van der Waals surface area contributed by atoms with E-state index >= 15 is 0 Å². The third-order valence-electron chi connectivity index (χ3n) is 3.42. The number of unbranched alkanes of at least 4 members (excludes halogenated alkanes) is 1. The lowest BCUT2D eigenvalue weighted by atomic mass is 9.98. The van der Waals surface area contributed by atoms with E-state index in [9.17, 15) is 4.79 Å². The normalized spacial score (nSPS) is 13.9. The first-order valence-corrected chi connectivity index (χ1v) is 6.91. The van der Waals surface area contributed by atoms with E-state index in [0.29, 0.717) is 6.54 Å². The first-order chi connectivity index (χ1) is 9.31. The molecule has 0 unspecified atom stereocenters. The molecule has 1 heterocycles. The van der Waals surface area contributed by atoms with Crippen LogP contribution in [-0.4, -0.2) is 32.7 Å². The van der Waals surface area contributed by atoms with Gasteiger partial charge in [-0.1, -0.05) is 6.07 Å². The number of nitrogens with one attached hydrogen (secondary N) is 2. The molecule has 4 heteroatoms.